The second kappa shape index (κ2) is 4.57. The van der Waals surface area contributed by atoms with E-state index in [0.29, 0.717) is 21.8 Å². The van der Waals surface area contributed by atoms with Gasteiger partial charge in [-0.3, -0.25) is 14.8 Å². The van der Waals surface area contributed by atoms with Gasteiger partial charge in [0.05, 0.1) is 22.3 Å². The van der Waals surface area contributed by atoms with Crippen LogP contribution in [-0.4, -0.2) is 19.5 Å². The summed E-state index contributed by atoms with van der Waals surface area (Å²) < 4.78 is 1.25. The van der Waals surface area contributed by atoms with Gasteiger partial charge in [-0.05, 0) is 25.1 Å². The third-order valence-corrected chi connectivity index (χ3v) is 3.20. The van der Waals surface area contributed by atoms with Gasteiger partial charge < -0.3 is 0 Å². The number of halogens is 1. The fraction of sp³-hybridized carbons (Fsp3) is 0.0769. The third-order valence-electron chi connectivity index (χ3n) is 2.88. The first-order valence-corrected chi connectivity index (χ1v) is 6.18. The van der Waals surface area contributed by atoms with Gasteiger partial charge in [0, 0.05) is 11.9 Å². The Bertz CT molecular complexity index is 930. The number of fused-ring (bicyclic) bond motifs is 1. The fourth-order valence-electron chi connectivity index (χ4n) is 1.96. The predicted octanol–water partition coefficient (Wildman–Crippen LogP) is 1.43. The van der Waals surface area contributed by atoms with E-state index in [0.717, 1.165) is 0 Å². The molecule has 0 fully saturated rings. The summed E-state index contributed by atoms with van der Waals surface area (Å²) >= 11 is 6.09. The van der Waals surface area contributed by atoms with E-state index >= 15 is 0 Å². The number of hydrogen-bond donors (Lipinski definition) is 1. The third kappa shape index (κ3) is 1.90. The van der Waals surface area contributed by atoms with Gasteiger partial charge >= 0.3 is 5.69 Å². The summed E-state index contributed by atoms with van der Waals surface area (Å²) in [6.07, 6.45) is 2.97. The predicted molar refractivity (Wildman–Crippen MR) is 75.5 cm³/mol. The Labute approximate surface area is 117 Å². The molecule has 0 aliphatic heterocycles. The molecule has 20 heavy (non-hydrogen) atoms. The molecule has 100 valence electrons. The lowest BCUT2D eigenvalue weighted by Gasteiger charge is -2.09. The zero-order valence-electron chi connectivity index (χ0n) is 10.4. The molecule has 0 amide bonds. The minimum absolute atomic E-state index is 0.258. The number of pyridine rings is 2. The Morgan fingerprint density at radius 2 is 2.05 bits per heavy atom. The minimum Gasteiger partial charge on any atom is -0.273 e. The van der Waals surface area contributed by atoms with Gasteiger partial charge in [0.15, 0.2) is 5.65 Å². The SMILES string of the molecule is Cc1ccc2c(=O)[nH]c(=O)n(-c3cnccc3Cl)c2n1. The maximum atomic E-state index is 12.1. The van der Waals surface area contributed by atoms with Gasteiger partial charge in [-0.15, -0.1) is 0 Å². The standard InChI is InChI=1S/C13H9ClN4O2/c1-7-2-3-8-11(16-7)18(13(20)17-12(8)19)10-6-15-5-4-9(10)14/h2-6H,1H3,(H,17,19,20). The van der Waals surface area contributed by atoms with Crippen molar-refractivity contribution in [3.63, 3.8) is 0 Å². The molecule has 0 aliphatic carbocycles. The van der Waals surface area contributed by atoms with Crippen molar-refractivity contribution in [1.29, 1.82) is 0 Å². The van der Waals surface area contributed by atoms with E-state index in [-0.39, 0.29) is 5.65 Å². The maximum absolute atomic E-state index is 12.1. The summed E-state index contributed by atoms with van der Waals surface area (Å²) in [6.45, 7) is 1.78. The van der Waals surface area contributed by atoms with Crippen molar-refractivity contribution in [3.05, 3.63) is 62.1 Å². The molecule has 6 nitrogen and oxygen atoms in total. The zero-order valence-corrected chi connectivity index (χ0v) is 11.2. The van der Waals surface area contributed by atoms with Crippen molar-refractivity contribution in [1.82, 2.24) is 19.5 Å². The van der Waals surface area contributed by atoms with Crippen LogP contribution in [-0.2, 0) is 0 Å². The first-order valence-electron chi connectivity index (χ1n) is 5.80. The van der Waals surface area contributed by atoms with Gasteiger partial charge in [0.25, 0.3) is 5.56 Å². The van der Waals surface area contributed by atoms with Gasteiger partial charge in [-0.25, -0.2) is 14.3 Å². The summed E-state index contributed by atoms with van der Waals surface area (Å²) in [5.41, 5.74) is 0.243. The molecule has 0 spiro atoms. The van der Waals surface area contributed by atoms with Crippen LogP contribution in [0.3, 0.4) is 0 Å². The Morgan fingerprint density at radius 1 is 1.25 bits per heavy atom. The molecule has 0 saturated carbocycles. The maximum Gasteiger partial charge on any atom is 0.334 e. The van der Waals surface area contributed by atoms with E-state index in [2.05, 4.69) is 15.0 Å². The number of nitrogens with one attached hydrogen (secondary N) is 1. The van der Waals surface area contributed by atoms with E-state index in [9.17, 15) is 9.59 Å². The molecule has 0 aromatic carbocycles. The molecule has 1 N–H and O–H groups in total. The first kappa shape index (κ1) is 12.6. The number of aromatic nitrogens is 4. The molecule has 3 rings (SSSR count). The Kier molecular flexibility index (Phi) is 2.87. The lowest BCUT2D eigenvalue weighted by atomic mass is 10.3. The summed E-state index contributed by atoms with van der Waals surface area (Å²) in [7, 11) is 0. The first-order chi connectivity index (χ1) is 9.58. The van der Waals surface area contributed by atoms with E-state index in [4.69, 9.17) is 11.6 Å². The number of rotatable bonds is 1. The van der Waals surface area contributed by atoms with Gasteiger partial charge in [-0.2, -0.15) is 0 Å². The number of H-pyrrole nitrogens is 1. The van der Waals surface area contributed by atoms with Gasteiger partial charge in [-0.1, -0.05) is 11.6 Å². The highest BCUT2D eigenvalue weighted by molar-refractivity contribution is 6.32. The summed E-state index contributed by atoms with van der Waals surface area (Å²) in [5.74, 6) is 0. The van der Waals surface area contributed by atoms with Crippen LogP contribution in [0.2, 0.25) is 5.02 Å². The van der Waals surface area contributed by atoms with Crippen molar-refractivity contribution >= 4 is 22.6 Å². The molecule has 0 atom stereocenters. The molecule has 0 bridgehead atoms. The van der Waals surface area contributed by atoms with Crippen molar-refractivity contribution in [2.45, 2.75) is 6.92 Å². The van der Waals surface area contributed by atoms with E-state index in [1.807, 2.05) is 0 Å². The smallest absolute Gasteiger partial charge is 0.273 e. The molecule has 3 aromatic heterocycles. The van der Waals surface area contributed by atoms with E-state index in [1.54, 1.807) is 25.1 Å². The highest BCUT2D eigenvalue weighted by Crippen LogP contribution is 2.19. The van der Waals surface area contributed by atoms with Crippen LogP contribution >= 0.6 is 11.6 Å². The molecule has 7 heteroatoms. The van der Waals surface area contributed by atoms with Crippen molar-refractivity contribution < 1.29 is 0 Å². The second-order valence-corrected chi connectivity index (χ2v) is 4.65. The zero-order chi connectivity index (χ0) is 14.3. The van der Waals surface area contributed by atoms with Crippen LogP contribution in [0.25, 0.3) is 16.7 Å². The quantitative estimate of drug-likeness (QED) is 0.734. The van der Waals surface area contributed by atoms with Crippen molar-refractivity contribution in [2.24, 2.45) is 0 Å². The lowest BCUT2D eigenvalue weighted by Crippen LogP contribution is -2.30. The topological polar surface area (TPSA) is 80.6 Å². The molecule has 0 saturated heterocycles. The fourth-order valence-corrected chi connectivity index (χ4v) is 2.15. The van der Waals surface area contributed by atoms with Crippen molar-refractivity contribution in [3.8, 4) is 5.69 Å². The summed E-state index contributed by atoms with van der Waals surface area (Å²) in [4.78, 5) is 34.4. The molecule has 3 heterocycles. The van der Waals surface area contributed by atoms with Crippen LogP contribution in [0.1, 0.15) is 5.69 Å². The molecule has 0 aliphatic rings. The average Bonchev–Trinajstić information content (AvgIpc) is 2.40. The lowest BCUT2D eigenvalue weighted by molar-refractivity contribution is 0.915. The minimum atomic E-state index is -0.601. The van der Waals surface area contributed by atoms with Gasteiger partial charge in [0.2, 0.25) is 0 Å². The van der Waals surface area contributed by atoms with Crippen LogP contribution < -0.4 is 11.2 Å². The van der Waals surface area contributed by atoms with Crippen molar-refractivity contribution in [2.75, 3.05) is 0 Å². The molecule has 0 radical (unpaired) electrons. The summed E-state index contributed by atoms with van der Waals surface area (Å²) in [6, 6.07) is 4.89. The van der Waals surface area contributed by atoms with Crippen LogP contribution in [0.15, 0.2) is 40.2 Å². The molecular formula is C13H9ClN4O2. The number of hydrogen-bond acceptors (Lipinski definition) is 4. The molecule has 3 aromatic rings. The van der Waals surface area contributed by atoms with Crippen LogP contribution in [0, 0.1) is 6.92 Å². The Balaban J connectivity index is 2.54. The average molecular weight is 289 g/mol. The van der Waals surface area contributed by atoms with E-state index in [1.165, 1.54) is 17.0 Å². The van der Waals surface area contributed by atoms with Crippen LogP contribution in [0.4, 0.5) is 0 Å². The monoisotopic (exact) mass is 288 g/mol. The van der Waals surface area contributed by atoms with Crippen LogP contribution in [0.5, 0.6) is 0 Å². The highest BCUT2D eigenvalue weighted by Gasteiger charge is 2.13. The Hall–Kier alpha value is -2.47. The summed E-state index contributed by atoms with van der Waals surface area (Å²) in [5, 5.41) is 0.661. The molecule has 0 unspecified atom stereocenters. The number of aromatic amines is 1. The Morgan fingerprint density at radius 3 is 2.80 bits per heavy atom. The van der Waals surface area contributed by atoms with Gasteiger partial charge in [0.1, 0.15) is 0 Å². The molecular weight excluding hydrogens is 280 g/mol. The number of nitrogens with zero attached hydrogens (tertiary/aromatic N) is 3. The second-order valence-electron chi connectivity index (χ2n) is 4.25. The normalized spacial score (nSPS) is 10.9. The largest absolute Gasteiger partial charge is 0.334 e. The number of aryl methyl sites for hydroxylation is 1. The van der Waals surface area contributed by atoms with E-state index < -0.39 is 11.2 Å². The highest BCUT2D eigenvalue weighted by atomic mass is 35.5.